The van der Waals surface area contributed by atoms with Crippen molar-refractivity contribution >= 4 is 28.7 Å². The second kappa shape index (κ2) is 4.70. The highest BCUT2D eigenvalue weighted by molar-refractivity contribution is 7.99. The first-order chi connectivity index (χ1) is 10.2. The molecule has 2 aromatic carbocycles. The minimum Gasteiger partial charge on any atom is -0.273 e. The second-order valence-electron chi connectivity index (χ2n) is 4.97. The third kappa shape index (κ3) is 1.96. The van der Waals surface area contributed by atoms with E-state index in [0.29, 0.717) is 5.75 Å². The number of benzene rings is 2. The van der Waals surface area contributed by atoms with Gasteiger partial charge in [0, 0.05) is 5.75 Å². The first-order valence-electron chi connectivity index (χ1n) is 6.64. The fourth-order valence-electron chi connectivity index (χ4n) is 2.63. The van der Waals surface area contributed by atoms with Crippen LogP contribution in [-0.2, 0) is 0 Å². The van der Waals surface area contributed by atoms with Crippen molar-refractivity contribution in [2.24, 2.45) is 0 Å². The summed E-state index contributed by atoms with van der Waals surface area (Å²) in [5.41, 5.74) is 2.50. The minimum atomic E-state index is -0.288. The molecule has 1 aliphatic heterocycles. The number of hydrogen-bond donors (Lipinski definition) is 0. The Morgan fingerprint density at radius 3 is 2.71 bits per heavy atom. The SMILES string of the molecule is O=C1C(c2ccc(F)cc2)CSc2nc3ccccc3n21. The Kier molecular flexibility index (Phi) is 2.82. The van der Waals surface area contributed by atoms with Gasteiger partial charge in [0.1, 0.15) is 5.82 Å². The predicted octanol–water partition coefficient (Wildman–Crippen LogP) is 3.71. The number of fused-ring (bicyclic) bond motifs is 3. The maximum absolute atomic E-state index is 13.0. The summed E-state index contributed by atoms with van der Waals surface area (Å²) in [6, 6.07) is 13.8. The molecule has 0 saturated carbocycles. The molecule has 104 valence electrons. The van der Waals surface area contributed by atoms with E-state index < -0.39 is 0 Å². The lowest BCUT2D eigenvalue weighted by Gasteiger charge is -2.22. The van der Waals surface area contributed by atoms with Crippen LogP contribution in [0.15, 0.2) is 53.7 Å². The van der Waals surface area contributed by atoms with Gasteiger partial charge in [-0.2, -0.15) is 0 Å². The molecule has 0 saturated heterocycles. The molecular weight excluding hydrogens is 287 g/mol. The van der Waals surface area contributed by atoms with E-state index in [-0.39, 0.29) is 17.6 Å². The molecule has 5 heteroatoms. The average molecular weight is 298 g/mol. The molecule has 0 spiro atoms. The molecule has 1 aromatic heterocycles. The Bertz CT molecular complexity index is 841. The number of imidazole rings is 1. The maximum Gasteiger partial charge on any atom is 0.241 e. The van der Waals surface area contributed by atoms with Gasteiger partial charge >= 0.3 is 0 Å². The lowest BCUT2D eigenvalue weighted by Crippen LogP contribution is -2.26. The predicted molar refractivity (Wildman–Crippen MR) is 80.2 cm³/mol. The van der Waals surface area contributed by atoms with Crippen LogP contribution in [0.2, 0.25) is 0 Å². The van der Waals surface area contributed by atoms with Crippen molar-refractivity contribution in [2.45, 2.75) is 11.1 Å². The normalized spacial score (nSPS) is 18.0. The topological polar surface area (TPSA) is 34.9 Å². The van der Waals surface area contributed by atoms with E-state index in [1.165, 1.54) is 12.1 Å². The summed E-state index contributed by atoms with van der Waals surface area (Å²) in [6.45, 7) is 0. The van der Waals surface area contributed by atoms with E-state index >= 15 is 0 Å². The Morgan fingerprint density at radius 2 is 1.90 bits per heavy atom. The van der Waals surface area contributed by atoms with Crippen LogP contribution in [0, 0.1) is 5.82 Å². The van der Waals surface area contributed by atoms with Crippen molar-refractivity contribution in [1.82, 2.24) is 9.55 Å². The van der Waals surface area contributed by atoms with Gasteiger partial charge in [0.25, 0.3) is 0 Å². The van der Waals surface area contributed by atoms with E-state index in [2.05, 4.69) is 4.98 Å². The van der Waals surface area contributed by atoms with Crippen LogP contribution in [-0.4, -0.2) is 21.2 Å². The van der Waals surface area contributed by atoms with E-state index in [9.17, 15) is 9.18 Å². The van der Waals surface area contributed by atoms with Crippen molar-refractivity contribution < 1.29 is 9.18 Å². The lowest BCUT2D eigenvalue weighted by atomic mass is 10.00. The minimum absolute atomic E-state index is 0.00376. The van der Waals surface area contributed by atoms with Gasteiger partial charge in [-0.3, -0.25) is 9.36 Å². The molecule has 0 amide bonds. The summed E-state index contributed by atoms with van der Waals surface area (Å²) in [5, 5.41) is 0.736. The number of rotatable bonds is 1. The van der Waals surface area contributed by atoms with Crippen LogP contribution >= 0.6 is 11.8 Å². The van der Waals surface area contributed by atoms with Gasteiger partial charge in [-0.1, -0.05) is 36.0 Å². The van der Waals surface area contributed by atoms with Crippen molar-refractivity contribution in [3.8, 4) is 0 Å². The molecule has 21 heavy (non-hydrogen) atoms. The molecule has 2 heterocycles. The van der Waals surface area contributed by atoms with Crippen LogP contribution in [0.5, 0.6) is 0 Å². The molecule has 0 fully saturated rings. The summed E-state index contributed by atoms with van der Waals surface area (Å²) in [7, 11) is 0. The van der Waals surface area contributed by atoms with E-state index in [4.69, 9.17) is 0 Å². The summed E-state index contributed by atoms with van der Waals surface area (Å²) < 4.78 is 14.7. The molecule has 0 N–H and O–H groups in total. The molecule has 0 bridgehead atoms. The largest absolute Gasteiger partial charge is 0.273 e. The fourth-order valence-corrected chi connectivity index (χ4v) is 3.76. The molecule has 4 rings (SSSR count). The van der Waals surface area contributed by atoms with Crippen LogP contribution in [0.4, 0.5) is 4.39 Å². The zero-order valence-corrected chi connectivity index (χ0v) is 11.8. The molecule has 1 aliphatic rings. The highest BCUT2D eigenvalue weighted by Crippen LogP contribution is 2.35. The van der Waals surface area contributed by atoms with Gasteiger partial charge in [-0.05, 0) is 29.8 Å². The van der Waals surface area contributed by atoms with Crippen LogP contribution in [0.1, 0.15) is 16.3 Å². The third-order valence-electron chi connectivity index (χ3n) is 3.70. The molecule has 1 atom stereocenters. The van der Waals surface area contributed by atoms with Crippen LogP contribution < -0.4 is 0 Å². The number of nitrogens with zero attached hydrogens (tertiary/aromatic N) is 2. The first kappa shape index (κ1) is 12.6. The van der Waals surface area contributed by atoms with Gasteiger partial charge in [-0.15, -0.1) is 0 Å². The standard InChI is InChI=1S/C16H11FN2OS/c17-11-7-5-10(6-8-11)12-9-21-16-18-13-3-1-2-4-14(13)19(16)15(12)20/h1-8,12H,9H2. The molecular formula is C16H11FN2OS. The number of carbonyl (C=O) groups excluding carboxylic acids is 1. The summed E-state index contributed by atoms with van der Waals surface area (Å²) >= 11 is 1.56. The zero-order valence-electron chi connectivity index (χ0n) is 11.0. The molecule has 1 unspecified atom stereocenters. The van der Waals surface area contributed by atoms with Crippen LogP contribution in [0.25, 0.3) is 11.0 Å². The highest BCUT2D eigenvalue weighted by atomic mass is 32.2. The number of carbonyl (C=O) groups is 1. The van der Waals surface area contributed by atoms with Crippen molar-refractivity contribution in [3.63, 3.8) is 0 Å². The number of halogens is 1. The van der Waals surface area contributed by atoms with E-state index in [0.717, 1.165) is 21.8 Å². The van der Waals surface area contributed by atoms with Crippen molar-refractivity contribution in [2.75, 3.05) is 5.75 Å². The summed E-state index contributed by atoms with van der Waals surface area (Å²) in [6.07, 6.45) is 0. The summed E-state index contributed by atoms with van der Waals surface area (Å²) in [4.78, 5) is 17.3. The molecule has 3 nitrogen and oxygen atoms in total. The van der Waals surface area contributed by atoms with E-state index in [1.54, 1.807) is 28.5 Å². The quantitative estimate of drug-likeness (QED) is 0.687. The van der Waals surface area contributed by atoms with Gasteiger partial charge in [-0.25, -0.2) is 9.37 Å². The van der Waals surface area contributed by atoms with Gasteiger partial charge in [0.2, 0.25) is 5.91 Å². The number of para-hydroxylation sites is 2. The monoisotopic (exact) mass is 298 g/mol. The van der Waals surface area contributed by atoms with Gasteiger partial charge < -0.3 is 0 Å². The molecule has 3 aromatic rings. The third-order valence-corrected chi connectivity index (χ3v) is 4.73. The van der Waals surface area contributed by atoms with Crippen molar-refractivity contribution in [1.29, 1.82) is 0 Å². The second-order valence-corrected chi connectivity index (χ2v) is 5.96. The first-order valence-corrected chi connectivity index (χ1v) is 7.62. The Balaban J connectivity index is 1.82. The van der Waals surface area contributed by atoms with Crippen LogP contribution in [0.3, 0.4) is 0 Å². The number of hydrogen-bond acceptors (Lipinski definition) is 3. The van der Waals surface area contributed by atoms with Gasteiger partial charge in [0.05, 0.1) is 17.0 Å². The number of thioether (sulfide) groups is 1. The fraction of sp³-hybridized carbons (Fsp3) is 0.125. The Morgan fingerprint density at radius 1 is 1.14 bits per heavy atom. The molecule has 0 radical (unpaired) electrons. The Hall–Kier alpha value is -2.14. The summed E-state index contributed by atoms with van der Waals surface area (Å²) in [5.74, 6) is 0.0848. The maximum atomic E-state index is 13.0. The number of aromatic nitrogens is 2. The lowest BCUT2D eigenvalue weighted by molar-refractivity contribution is 0.0876. The Labute approximate surface area is 124 Å². The van der Waals surface area contributed by atoms with E-state index in [1.807, 2.05) is 24.3 Å². The molecule has 0 aliphatic carbocycles. The average Bonchev–Trinajstić information content (AvgIpc) is 2.88. The van der Waals surface area contributed by atoms with Gasteiger partial charge in [0.15, 0.2) is 5.16 Å². The smallest absolute Gasteiger partial charge is 0.241 e. The highest BCUT2D eigenvalue weighted by Gasteiger charge is 2.31. The zero-order chi connectivity index (χ0) is 14.4. The van der Waals surface area contributed by atoms with Crippen molar-refractivity contribution in [3.05, 3.63) is 59.9 Å².